The van der Waals surface area contributed by atoms with Gasteiger partial charge in [0.2, 0.25) is 0 Å². The Morgan fingerprint density at radius 1 is 0.788 bits per heavy atom. The fourth-order valence-electron chi connectivity index (χ4n) is 4.29. The Labute approximate surface area is 192 Å². The molecule has 2 N–H and O–H groups in total. The first kappa shape index (κ1) is 20.7. The molecule has 0 spiro atoms. The number of benzene rings is 3. The van der Waals surface area contributed by atoms with Crippen LogP contribution < -0.4 is 10.6 Å². The largest absolute Gasteiger partial charge is 0.320 e. The molecule has 4 aromatic rings. The molecular weight excluding hydrogens is 412 g/mol. The van der Waals surface area contributed by atoms with Crippen LogP contribution in [0.1, 0.15) is 44.1 Å². The zero-order valence-electron chi connectivity index (χ0n) is 18.3. The van der Waals surface area contributed by atoms with Crippen molar-refractivity contribution in [3.05, 3.63) is 107 Å². The van der Waals surface area contributed by atoms with Crippen molar-refractivity contribution < 1.29 is 9.59 Å². The van der Waals surface area contributed by atoms with Crippen LogP contribution in [0.25, 0.3) is 5.69 Å². The highest BCUT2D eigenvalue weighted by molar-refractivity contribution is 6.09. The fourth-order valence-corrected chi connectivity index (χ4v) is 4.29. The maximum atomic E-state index is 13.3. The molecule has 1 aliphatic carbocycles. The van der Waals surface area contributed by atoms with Gasteiger partial charge in [-0.25, -0.2) is 4.68 Å². The molecule has 5 rings (SSSR count). The van der Waals surface area contributed by atoms with Gasteiger partial charge in [-0.2, -0.15) is 5.10 Å². The third-order valence-corrected chi connectivity index (χ3v) is 5.95. The molecule has 1 aliphatic rings. The molecule has 1 aromatic heterocycles. The van der Waals surface area contributed by atoms with Gasteiger partial charge in [0.15, 0.2) is 5.69 Å². The number of carbonyl (C=O) groups is 2. The lowest BCUT2D eigenvalue weighted by Crippen LogP contribution is -2.18. The molecule has 0 radical (unpaired) electrons. The van der Waals surface area contributed by atoms with Gasteiger partial charge in [-0.05, 0) is 62.1 Å². The Morgan fingerprint density at radius 2 is 1.42 bits per heavy atom. The highest BCUT2D eigenvalue weighted by Gasteiger charge is 2.27. The first-order valence-electron chi connectivity index (χ1n) is 11.1. The molecule has 0 bridgehead atoms. The summed E-state index contributed by atoms with van der Waals surface area (Å²) in [6.07, 6.45) is 2.73. The Hall–Kier alpha value is -4.19. The Balaban J connectivity index is 1.43. The molecule has 0 saturated carbocycles. The lowest BCUT2D eigenvalue weighted by Gasteiger charge is -2.12. The van der Waals surface area contributed by atoms with Crippen LogP contribution >= 0.6 is 0 Å². The Morgan fingerprint density at radius 3 is 2.15 bits per heavy atom. The van der Waals surface area contributed by atoms with E-state index in [9.17, 15) is 9.59 Å². The summed E-state index contributed by atoms with van der Waals surface area (Å²) in [5.41, 5.74) is 6.25. The molecule has 33 heavy (non-hydrogen) atoms. The zero-order valence-corrected chi connectivity index (χ0v) is 18.3. The number of hydrogen-bond donors (Lipinski definition) is 2. The molecule has 3 aromatic carbocycles. The van der Waals surface area contributed by atoms with E-state index in [4.69, 9.17) is 5.10 Å². The second kappa shape index (κ2) is 8.74. The van der Waals surface area contributed by atoms with E-state index in [2.05, 4.69) is 10.6 Å². The van der Waals surface area contributed by atoms with Crippen molar-refractivity contribution in [3.63, 3.8) is 0 Å². The van der Waals surface area contributed by atoms with Crippen molar-refractivity contribution in [2.75, 3.05) is 10.6 Å². The minimum absolute atomic E-state index is 0.234. The molecule has 2 amide bonds. The standard InChI is InChI=1S/C27H24N4O2/c1-18-10-5-8-16-23(18)31-24-17-9-13-20(24)25(30-31)27(33)29-22-15-7-6-14-21(22)28-26(32)19-11-3-2-4-12-19/h2-8,10-12,14-16H,9,13,17H2,1H3,(H,28,32)(H,29,33). The zero-order chi connectivity index (χ0) is 22.8. The lowest BCUT2D eigenvalue weighted by molar-refractivity contribution is 0.101. The van der Waals surface area contributed by atoms with E-state index in [1.807, 2.05) is 66.2 Å². The average molecular weight is 437 g/mol. The van der Waals surface area contributed by atoms with Crippen LogP contribution in [-0.4, -0.2) is 21.6 Å². The van der Waals surface area contributed by atoms with Gasteiger partial charge in [0, 0.05) is 16.8 Å². The van der Waals surface area contributed by atoms with Crippen LogP contribution in [-0.2, 0) is 12.8 Å². The molecule has 0 unspecified atom stereocenters. The average Bonchev–Trinajstić information content (AvgIpc) is 3.44. The van der Waals surface area contributed by atoms with Gasteiger partial charge < -0.3 is 10.6 Å². The van der Waals surface area contributed by atoms with E-state index in [1.165, 1.54) is 0 Å². The molecule has 0 aliphatic heterocycles. The van der Waals surface area contributed by atoms with Crippen molar-refractivity contribution in [2.45, 2.75) is 26.2 Å². The first-order chi connectivity index (χ1) is 16.1. The summed E-state index contributed by atoms with van der Waals surface area (Å²) in [6, 6.07) is 24.2. The number of rotatable bonds is 5. The third-order valence-electron chi connectivity index (χ3n) is 5.95. The minimum atomic E-state index is -0.276. The van der Waals surface area contributed by atoms with Crippen LogP contribution in [0.5, 0.6) is 0 Å². The van der Waals surface area contributed by atoms with Gasteiger partial charge in [0.25, 0.3) is 11.8 Å². The van der Waals surface area contributed by atoms with Crippen LogP contribution in [0, 0.1) is 6.92 Å². The van der Waals surface area contributed by atoms with E-state index in [0.717, 1.165) is 41.8 Å². The number of aryl methyl sites for hydroxylation is 1. The highest BCUT2D eigenvalue weighted by Crippen LogP contribution is 2.30. The molecule has 6 heteroatoms. The van der Waals surface area contributed by atoms with E-state index in [0.29, 0.717) is 22.6 Å². The quantitative estimate of drug-likeness (QED) is 0.453. The monoisotopic (exact) mass is 436 g/mol. The molecule has 0 fully saturated rings. The second-order valence-electron chi connectivity index (χ2n) is 8.15. The number of carbonyl (C=O) groups excluding carboxylic acids is 2. The Kier molecular flexibility index (Phi) is 5.48. The maximum absolute atomic E-state index is 13.3. The molecule has 0 atom stereocenters. The normalized spacial score (nSPS) is 12.3. The van der Waals surface area contributed by atoms with E-state index < -0.39 is 0 Å². The van der Waals surface area contributed by atoms with Gasteiger partial charge in [-0.15, -0.1) is 0 Å². The topological polar surface area (TPSA) is 76.0 Å². The number of amides is 2. The summed E-state index contributed by atoms with van der Waals surface area (Å²) in [7, 11) is 0. The van der Waals surface area contributed by atoms with Crippen LogP contribution in [0.2, 0.25) is 0 Å². The predicted molar refractivity (Wildman–Crippen MR) is 129 cm³/mol. The number of aromatic nitrogens is 2. The molecule has 0 saturated heterocycles. The SMILES string of the molecule is Cc1ccccc1-n1nc(C(=O)Nc2ccccc2NC(=O)c2ccccc2)c2c1CCC2. The summed E-state index contributed by atoms with van der Waals surface area (Å²) in [6.45, 7) is 2.05. The Bertz CT molecular complexity index is 1340. The summed E-state index contributed by atoms with van der Waals surface area (Å²) < 4.78 is 1.91. The van der Waals surface area contributed by atoms with Crippen molar-refractivity contribution >= 4 is 23.2 Å². The van der Waals surface area contributed by atoms with Crippen molar-refractivity contribution in [2.24, 2.45) is 0 Å². The maximum Gasteiger partial charge on any atom is 0.276 e. The van der Waals surface area contributed by atoms with Gasteiger partial charge in [0.1, 0.15) is 0 Å². The van der Waals surface area contributed by atoms with Gasteiger partial charge in [0.05, 0.1) is 17.1 Å². The summed E-state index contributed by atoms with van der Waals surface area (Å²) in [5, 5.41) is 10.6. The lowest BCUT2D eigenvalue weighted by atomic mass is 10.1. The van der Waals surface area contributed by atoms with E-state index in [1.54, 1.807) is 24.3 Å². The van der Waals surface area contributed by atoms with E-state index in [-0.39, 0.29) is 11.8 Å². The van der Waals surface area contributed by atoms with Gasteiger partial charge >= 0.3 is 0 Å². The molecular formula is C27H24N4O2. The van der Waals surface area contributed by atoms with Crippen molar-refractivity contribution in [1.29, 1.82) is 0 Å². The highest BCUT2D eigenvalue weighted by atomic mass is 16.2. The van der Waals surface area contributed by atoms with Crippen LogP contribution in [0.4, 0.5) is 11.4 Å². The minimum Gasteiger partial charge on any atom is -0.320 e. The molecule has 164 valence electrons. The van der Waals surface area contributed by atoms with Crippen molar-refractivity contribution in [3.8, 4) is 5.69 Å². The summed E-state index contributed by atoms with van der Waals surface area (Å²) in [5.74, 6) is -0.510. The number of hydrogen-bond acceptors (Lipinski definition) is 3. The fraction of sp³-hybridized carbons (Fsp3) is 0.148. The van der Waals surface area contributed by atoms with Crippen LogP contribution in [0.3, 0.4) is 0 Å². The predicted octanol–water partition coefficient (Wildman–Crippen LogP) is 5.17. The van der Waals surface area contributed by atoms with Crippen molar-refractivity contribution in [1.82, 2.24) is 9.78 Å². The first-order valence-corrected chi connectivity index (χ1v) is 11.1. The number of nitrogens with one attached hydrogen (secondary N) is 2. The van der Waals surface area contributed by atoms with Gasteiger partial charge in [-0.3, -0.25) is 9.59 Å². The number of para-hydroxylation sites is 3. The van der Waals surface area contributed by atoms with Crippen LogP contribution in [0.15, 0.2) is 78.9 Å². The molecule has 1 heterocycles. The van der Waals surface area contributed by atoms with E-state index >= 15 is 0 Å². The second-order valence-corrected chi connectivity index (χ2v) is 8.15. The molecule has 6 nitrogen and oxygen atoms in total. The summed E-state index contributed by atoms with van der Waals surface area (Å²) in [4.78, 5) is 25.9. The summed E-state index contributed by atoms with van der Waals surface area (Å²) >= 11 is 0. The third kappa shape index (κ3) is 4.03. The number of nitrogens with zero attached hydrogens (tertiary/aromatic N) is 2. The smallest absolute Gasteiger partial charge is 0.276 e. The number of fused-ring (bicyclic) bond motifs is 1. The number of anilines is 2. The van der Waals surface area contributed by atoms with Gasteiger partial charge in [-0.1, -0.05) is 48.5 Å².